The van der Waals surface area contributed by atoms with Gasteiger partial charge in [0, 0.05) is 49.4 Å². The molecule has 2 aromatic carbocycles. The Bertz CT molecular complexity index is 1130. The lowest BCUT2D eigenvalue weighted by Crippen LogP contribution is -2.46. The van der Waals surface area contributed by atoms with E-state index in [0.717, 1.165) is 49.5 Å². The Hall–Kier alpha value is -3.19. The summed E-state index contributed by atoms with van der Waals surface area (Å²) in [6.45, 7) is 9.96. The third-order valence-electron chi connectivity index (χ3n) is 5.98. The van der Waals surface area contributed by atoms with Gasteiger partial charge in [-0.15, -0.1) is 0 Å². The van der Waals surface area contributed by atoms with Crippen LogP contribution in [0.2, 0.25) is 0 Å². The van der Waals surface area contributed by atoms with Gasteiger partial charge in [-0.05, 0) is 49.4 Å². The largest absolute Gasteiger partial charge is 0.369 e. The minimum absolute atomic E-state index is 0.0722. The summed E-state index contributed by atoms with van der Waals surface area (Å²) in [5, 5.41) is 7.83. The zero-order valence-corrected chi connectivity index (χ0v) is 18.2. The fourth-order valence-electron chi connectivity index (χ4n) is 4.07. The Morgan fingerprint density at radius 1 is 1.10 bits per heavy atom. The van der Waals surface area contributed by atoms with E-state index in [0.29, 0.717) is 11.9 Å². The maximum atomic E-state index is 12.6. The molecule has 1 aliphatic rings. The number of amides is 1. The molecule has 7 nitrogen and oxygen atoms in total. The maximum Gasteiger partial charge on any atom is 0.226 e. The van der Waals surface area contributed by atoms with E-state index in [1.807, 2.05) is 31.2 Å². The van der Waals surface area contributed by atoms with Crippen LogP contribution in [0, 0.1) is 6.92 Å². The normalized spacial score (nSPS) is 14.7. The lowest BCUT2D eigenvalue weighted by molar-refractivity contribution is -0.116. The van der Waals surface area contributed by atoms with E-state index in [2.05, 4.69) is 39.3 Å². The highest BCUT2D eigenvalue weighted by Crippen LogP contribution is 2.24. The second-order valence-corrected chi connectivity index (χ2v) is 7.97. The van der Waals surface area contributed by atoms with Crippen molar-refractivity contribution in [3.8, 4) is 0 Å². The minimum Gasteiger partial charge on any atom is -0.369 e. The Morgan fingerprint density at radius 3 is 2.61 bits per heavy atom. The van der Waals surface area contributed by atoms with E-state index in [1.54, 1.807) is 10.7 Å². The molecule has 0 radical (unpaired) electrons. The number of rotatable bonds is 6. The van der Waals surface area contributed by atoms with Crippen molar-refractivity contribution >= 4 is 28.2 Å². The quantitative estimate of drug-likeness (QED) is 0.665. The maximum absolute atomic E-state index is 12.6. The molecule has 1 fully saturated rings. The highest BCUT2D eigenvalue weighted by atomic mass is 16.1. The number of hydrogen-bond acceptors (Lipinski definition) is 5. The molecule has 7 heteroatoms. The van der Waals surface area contributed by atoms with E-state index in [1.165, 1.54) is 11.9 Å². The zero-order chi connectivity index (χ0) is 21.8. The molecule has 31 heavy (non-hydrogen) atoms. The molecule has 1 saturated heterocycles. The van der Waals surface area contributed by atoms with Gasteiger partial charge < -0.3 is 15.1 Å². The van der Waals surface area contributed by atoms with Crippen LogP contribution in [0.25, 0.3) is 10.9 Å². The molecule has 0 aliphatic carbocycles. The van der Waals surface area contributed by atoms with Gasteiger partial charge in [0.25, 0.3) is 0 Å². The fourth-order valence-corrected chi connectivity index (χ4v) is 4.07. The number of nitrogens with zero attached hydrogens (tertiary/aromatic N) is 4. The zero-order valence-electron chi connectivity index (χ0n) is 18.2. The lowest BCUT2D eigenvalue weighted by atomic mass is 10.1. The van der Waals surface area contributed by atoms with Crippen LogP contribution in [0.3, 0.4) is 0 Å². The monoisotopic (exact) mass is 419 g/mol. The van der Waals surface area contributed by atoms with Gasteiger partial charge in [0.2, 0.25) is 11.3 Å². The number of anilines is 2. The van der Waals surface area contributed by atoms with Crippen molar-refractivity contribution in [2.24, 2.45) is 0 Å². The molecule has 1 aliphatic heterocycles. The number of benzene rings is 2. The van der Waals surface area contributed by atoms with Crippen molar-refractivity contribution in [3.05, 3.63) is 64.4 Å². The van der Waals surface area contributed by atoms with E-state index in [-0.39, 0.29) is 17.8 Å². The summed E-state index contributed by atoms with van der Waals surface area (Å²) in [4.78, 5) is 29.4. The first-order valence-corrected chi connectivity index (χ1v) is 10.9. The van der Waals surface area contributed by atoms with Crippen LogP contribution >= 0.6 is 0 Å². The molecular formula is C24H29N5O2. The number of aromatic nitrogens is 2. The lowest BCUT2D eigenvalue weighted by Gasteiger charge is -2.35. The second kappa shape index (κ2) is 9.31. The molecule has 1 aromatic heterocycles. The average Bonchev–Trinajstić information content (AvgIpc) is 2.80. The standard InChI is InChI=1S/C24H29N5O2/c1-3-27-12-14-28(15-13-27)19-8-9-21(18(2)16-19)26-24(31)10-11-29-22-7-5-4-6-20(22)23(30)17-25-29/h4-9,16-17H,3,10-15H2,1-2H3,(H,26,31). The van der Waals surface area contributed by atoms with Gasteiger partial charge in [0.1, 0.15) is 0 Å². The number of nitrogens with one attached hydrogen (secondary N) is 1. The number of para-hydroxylation sites is 1. The van der Waals surface area contributed by atoms with E-state index in [4.69, 9.17) is 0 Å². The molecule has 4 rings (SSSR count). The molecule has 0 unspecified atom stereocenters. The van der Waals surface area contributed by atoms with Crippen molar-refractivity contribution in [2.45, 2.75) is 26.8 Å². The molecule has 1 amide bonds. The Morgan fingerprint density at radius 2 is 1.87 bits per heavy atom. The summed E-state index contributed by atoms with van der Waals surface area (Å²) in [7, 11) is 0. The van der Waals surface area contributed by atoms with Crippen molar-refractivity contribution in [2.75, 3.05) is 42.9 Å². The molecule has 0 spiro atoms. The van der Waals surface area contributed by atoms with Crippen LogP contribution in [0.15, 0.2) is 53.5 Å². The number of likely N-dealkylation sites (N-methyl/N-ethyl adjacent to an activating group) is 1. The summed E-state index contributed by atoms with van der Waals surface area (Å²) in [6, 6.07) is 13.6. The van der Waals surface area contributed by atoms with Gasteiger partial charge in [0.15, 0.2) is 0 Å². The van der Waals surface area contributed by atoms with Crippen LogP contribution in [0.1, 0.15) is 18.9 Å². The van der Waals surface area contributed by atoms with E-state index in [9.17, 15) is 9.59 Å². The molecule has 2 heterocycles. The number of carbonyl (C=O) groups excluding carboxylic acids is 1. The Balaban J connectivity index is 1.38. The van der Waals surface area contributed by atoms with Crippen molar-refractivity contribution in [1.82, 2.24) is 14.7 Å². The topological polar surface area (TPSA) is 70.5 Å². The van der Waals surface area contributed by atoms with Crippen LogP contribution in [-0.4, -0.2) is 53.3 Å². The number of hydrogen-bond donors (Lipinski definition) is 1. The SMILES string of the molecule is CCN1CCN(c2ccc(NC(=O)CCn3ncc(=O)c4ccccc43)c(C)c2)CC1. The van der Waals surface area contributed by atoms with Crippen molar-refractivity contribution in [1.29, 1.82) is 0 Å². The summed E-state index contributed by atoms with van der Waals surface area (Å²) in [5.41, 5.74) is 3.72. The van der Waals surface area contributed by atoms with Crippen molar-refractivity contribution < 1.29 is 4.79 Å². The van der Waals surface area contributed by atoms with Gasteiger partial charge in [0.05, 0.1) is 18.3 Å². The van der Waals surface area contributed by atoms with Crippen LogP contribution in [0.4, 0.5) is 11.4 Å². The summed E-state index contributed by atoms with van der Waals surface area (Å²) >= 11 is 0. The number of fused-ring (bicyclic) bond motifs is 1. The smallest absolute Gasteiger partial charge is 0.226 e. The van der Waals surface area contributed by atoms with E-state index < -0.39 is 0 Å². The minimum atomic E-state index is -0.108. The van der Waals surface area contributed by atoms with Gasteiger partial charge in [-0.2, -0.15) is 5.10 Å². The first-order valence-electron chi connectivity index (χ1n) is 10.9. The molecule has 0 saturated carbocycles. The van der Waals surface area contributed by atoms with Gasteiger partial charge in [-0.3, -0.25) is 14.3 Å². The Labute approximate surface area is 182 Å². The highest BCUT2D eigenvalue weighted by Gasteiger charge is 2.16. The summed E-state index contributed by atoms with van der Waals surface area (Å²) in [5.74, 6) is -0.0722. The predicted molar refractivity (Wildman–Crippen MR) is 125 cm³/mol. The van der Waals surface area contributed by atoms with Gasteiger partial charge >= 0.3 is 0 Å². The third kappa shape index (κ3) is 4.77. The predicted octanol–water partition coefficient (Wildman–Crippen LogP) is 2.88. The van der Waals surface area contributed by atoms with E-state index >= 15 is 0 Å². The van der Waals surface area contributed by atoms with Gasteiger partial charge in [-0.1, -0.05) is 19.1 Å². The number of carbonyl (C=O) groups is 1. The molecule has 162 valence electrons. The number of piperazine rings is 1. The first-order chi connectivity index (χ1) is 15.0. The first kappa shape index (κ1) is 21.1. The summed E-state index contributed by atoms with van der Waals surface area (Å²) in [6.07, 6.45) is 1.59. The molecule has 0 bridgehead atoms. The number of aryl methyl sites for hydroxylation is 2. The van der Waals surface area contributed by atoms with Crippen LogP contribution in [-0.2, 0) is 11.3 Å². The van der Waals surface area contributed by atoms with Crippen LogP contribution in [0.5, 0.6) is 0 Å². The second-order valence-electron chi connectivity index (χ2n) is 7.97. The summed E-state index contributed by atoms with van der Waals surface area (Å²) < 4.78 is 1.71. The Kier molecular flexibility index (Phi) is 6.32. The third-order valence-corrected chi connectivity index (χ3v) is 5.98. The van der Waals surface area contributed by atoms with Gasteiger partial charge in [-0.25, -0.2) is 0 Å². The van der Waals surface area contributed by atoms with Crippen molar-refractivity contribution in [3.63, 3.8) is 0 Å². The fraction of sp³-hybridized carbons (Fsp3) is 0.375. The molecule has 0 atom stereocenters. The molecule has 1 N–H and O–H groups in total. The molecule has 3 aromatic rings. The highest BCUT2D eigenvalue weighted by molar-refractivity contribution is 5.91. The average molecular weight is 420 g/mol. The van der Waals surface area contributed by atoms with Crippen LogP contribution < -0.4 is 15.6 Å². The molecular weight excluding hydrogens is 390 g/mol.